The van der Waals surface area contributed by atoms with E-state index in [9.17, 15) is 10.1 Å². The molecule has 0 atom stereocenters. The first-order valence-corrected chi connectivity index (χ1v) is 7.94. The minimum Gasteiger partial charge on any atom is -0.312 e. The number of nitriles is 1. The average molecular weight is 296 g/mol. The van der Waals surface area contributed by atoms with Crippen molar-refractivity contribution < 1.29 is 4.79 Å². The molecule has 3 rings (SSSR count). The van der Waals surface area contributed by atoms with Crippen LogP contribution in [-0.4, -0.2) is 5.91 Å². The van der Waals surface area contributed by atoms with E-state index in [-0.39, 0.29) is 5.91 Å². The van der Waals surface area contributed by atoms with Gasteiger partial charge in [0.25, 0.3) is 5.91 Å². The smallest absolute Gasteiger partial charge is 0.256 e. The Morgan fingerprint density at radius 3 is 2.81 bits per heavy atom. The zero-order valence-electron chi connectivity index (χ0n) is 11.9. The van der Waals surface area contributed by atoms with Gasteiger partial charge in [-0.15, -0.1) is 11.3 Å². The zero-order chi connectivity index (χ0) is 14.8. The van der Waals surface area contributed by atoms with Gasteiger partial charge < -0.3 is 5.32 Å². The van der Waals surface area contributed by atoms with E-state index in [4.69, 9.17) is 0 Å². The van der Waals surface area contributed by atoms with Crippen molar-refractivity contribution in [2.45, 2.75) is 32.6 Å². The van der Waals surface area contributed by atoms with Crippen molar-refractivity contribution in [2.75, 3.05) is 5.32 Å². The molecule has 1 N–H and O–H groups in total. The molecule has 1 aliphatic rings. The molecule has 0 spiro atoms. The maximum Gasteiger partial charge on any atom is 0.256 e. The standard InChI is InChI=1S/C17H16N2OS/c1-11-6-2-3-7-12(11)16(20)19-17-14(10-18)13-8-4-5-9-15(13)21-17/h2-3,6-7H,4-5,8-9H2,1H3,(H,19,20). The molecule has 0 aliphatic heterocycles. The van der Waals surface area contributed by atoms with Crippen LogP contribution in [-0.2, 0) is 12.8 Å². The molecule has 1 aliphatic carbocycles. The molecule has 0 unspecified atom stereocenters. The molecule has 106 valence electrons. The van der Waals surface area contributed by atoms with Gasteiger partial charge in [0.1, 0.15) is 11.1 Å². The van der Waals surface area contributed by atoms with Crippen molar-refractivity contribution in [1.29, 1.82) is 5.26 Å². The summed E-state index contributed by atoms with van der Waals surface area (Å²) in [5.74, 6) is -0.136. The first-order valence-electron chi connectivity index (χ1n) is 7.12. The van der Waals surface area contributed by atoms with Crippen LogP contribution in [0.3, 0.4) is 0 Å². The second-order valence-electron chi connectivity index (χ2n) is 5.30. The van der Waals surface area contributed by atoms with Gasteiger partial charge in [0.2, 0.25) is 0 Å². The third-order valence-electron chi connectivity index (χ3n) is 3.90. The Balaban J connectivity index is 1.92. The Morgan fingerprint density at radius 1 is 1.29 bits per heavy atom. The van der Waals surface area contributed by atoms with Crippen LogP contribution >= 0.6 is 11.3 Å². The second kappa shape index (κ2) is 5.71. The van der Waals surface area contributed by atoms with Crippen LogP contribution in [0.15, 0.2) is 24.3 Å². The van der Waals surface area contributed by atoms with E-state index >= 15 is 0 Å². The molecule has 0 radical (unpaired) electrons. The minimum absolute atomic E-state index is 0.136. The van der Waals surface area contributed by atoms with Crippen molar-refractivity contribution in [3.8, 4) is 6.07 Å². The number of anilines is 1. The van der Waals surface area contributed by atoms with Crippen molar-refractivity contribution >= 4 is 22.2 Å². The fourth-order valence-corrected chi connectivity index (χ4v) is 4.01. The summed E-state index contributed by atoms with van der Waals surface area (Å²) in [4.78, 5) is 13.7. The highest BCUT2D eigenvalue weighted by atomic mass is 32.1. The first-order chi connectivity index (χ1) is 10.2. The third-order valence-corrected chi connectivity index (χ3v) is 5.11. The van der Waals surface area contributed by atoms with Crippen LogP contribution in [0.2, 0.25) is 0 Å². The number of amides is 1. The fourth-order valence-electron chi connectivity index (χ4n) is 2.77. The summed E-state index contributed by atoms with van der Waals surface area (Å²) in [6.07, 6.45) is 4.27. The van der Waals surface area contributed by atoms with Gasteiger partial charge in [0, 0.05) is 10.4 Å². The van der Waals surface area contributed by atoms with Crippen LogP contribution in [0.5, 0.6) is 0 Å². The lowest BCUT2D eigenvalue weighted by atomic mass is 9.96. The van der Waals surface area contributed by atoms with Crippen LogP contribution in [0.1, 0.15) is 44.8 Å². The van der Waals surface area contributed by atoms with Gasteiger partial charge in [-0.2, -0.15) is 5.26 Å². The molecule has 0 bridgehead atoms. The third kappa shape index (κ3) is 2.57. The maximum absolute atomic E-state index is 12.4. The highest BCUT2D eigenvalue weighted by Gasteiger charge is 2.22. The summed E-state index contributed by atoms with van der Waals surface area (Å²) < 4.78 is 0. The van der Waals surface area contributed by atoms with Crippen LogP contribution in [0.4, 0.5) is 5.00 Å². The van der Waals surface area contributed by atoms with Gasteiger partial charge in [-0.1, -0.05) is 18.2 Å². The number of aryl methyl sites for hydroxylation is 2. The van der Waals surface area contributed by atoms with E-state index in [0.29, 0.717) is 16.1 Å². The molecule has 1 heterocycles. The second-order valence-corrected chi connectivity index (χ2v) is 6.40. The molecule has 21 heavy (non-hydrogen) atoms. The number of hydrogen-bond acceptors (Lipinski definition) is 3. The Kier molecular flexibility index (Phi) is 3.76. The number of benzene rings is 1. The predicted molar refractivity (Wildman–Crippen MR) is 84.8 cm³/mol. The Morgan fingerprint density at radius 2 is 2.05 bits per heavy atom. The van der Waals surface area contributed by atoms with Crippen LogP contribution < -0.4 is 5.32 Å². The number of nitrogens with one attached hydrogen (secondary N) is 1. The molecule has 4 heteroatoms. The van der Waals surface area contributed by atoms with Gasteiger partial charge in [-0.05, 0) is 49.8 Å². The van der Waals surface area contributed by atoms with E-state index in [1.54, 1.807) is 11.3 Å². The summed E-state index contributed by atoms with van der Waals surface area (Å²) >= 11 is 1.56. The number of thiophene rings is 1. The molecular weight excluding hydrogens is 280 g/mol. The molecule has 2 aromatic rings. The number of carbonyl (C=O) groups is 1. The molecule has 0 saturated heterocycles. The minimum atomic E-state index is -0.136. The van der Waals surface area contributed by atoms with Gasteiger partial charge in [0.05, 0.1) is 5.56 Å². The quantitative estimate of drug-likeness (QED) is 0.908. The Bertz CT molecular complexity index is 740. The highest BCUT2D eigenvalue weighted by Crippen LogP contribution is 2.37. The van der Waals surface area contributed by atoms with Crippen LogP contribution in [0.25, 0.3) is 0 Å². The monoisotopic (exact) mass is 296 g/mol. The summed E-state index contributed by atoms with van der Waals surface area (Å²) in [6.45, 7) is 1.92. The summed E-state index contributed by atoms with van der Waals surface area (Å²) in [7, 11) is 0. The fraction of sp³-hybridized carbons (Fsp3) is 0.294. The Labute approximate surface area is 128 Å². The lowest BCUT2D eigenvalue weighted by molar-refractivity contribution is 0.102. The van der Waals surface area contributed by atoms with E-state index in [1.807, 2.05) is 31.2 Å². The van der Waals surface area contributed by atoms with Crippen LogP contribution in [0, 0.1) is 18.3 Å². The van der Waals surface area contributed by atoms with Crippen molar-refractivity contribution in [1.82, 2.24) is 0 Å². The molecule has 1 aromatic carbocycles. The number of nitrogens with zero attached hydrogens (tertiary/aromatic N) is 1. The van der Waals surface area contributed by atoms with Gasteiger partial charge in [-0.3, -0.25) is 4.79 Å². The first kappa shape index (κ1) is 13.8. The largest absolute Gasteiger partial charge is 0.312 e. The summed E-state index contributed by atoms with van der Waals surface area (Å²) in [5, 5.41) is 13.0. The molecule has 3 nitrogen and oxygen atoms in total. The number of hydrogen-bond donors (Lipinski definition) is 1. The molecule has 1 amide bonds. The lowest BCUT2D eigenvalue weighted by Gasteiger charge is -2.09. The molecule has 0 saturated carbocycles. The number of carbonyl (C=O) groups excluding carboxylic acids is 1. The predicted octanol–water partition coefficient (Wildman–Crippen LogP) is 4.06. The molecule has 1 aromatic heterocycles. The van der Waals surface area contributed by atoms with E-state index in [0.717, 1.165) is 30.4 Å². The average Bonchev–Trinajstić information content (AvgIpc) is 2.84. The van der Waals surface area contributed by atoms with Crippen molar-refractivity contribution in [2.24, 2.45) is 0 Å². The summed E-state index contributed by atoms with van der Waals surface area (Å²) in [6, 6.07) is 9.76. The number of fused-ring (bicyclic) bond motifs is 1. The topological polar surface area (TPSA) is 52.9 Å². The van der Waals surface area contributed by atoms with E-state index in [1.165, 1.54) is 11.3 Å². The zero-order valence-corrected chi connectivity index (χ0v) is 12.7. The normalized spacial score (nSPS) is 13.3. The highest BCUT2D eigenvalue weighted by molar-refractivity contribution is 7.16. The summed E-state index contributed by atoms with van der Waals surface area (Å²) in [5.41, 5.74) is 3.41. The van der Waals surface area contributed by atoms with Gasteiger partial charge >= 0.3 is 0 Å². The maximum atomic E-state index is 12.4. The SMILES string of the molecule is Cc1ccccc1C(=O)Nc1sc2c(c1C#N)CCCC2. The van der Waals surface area contributed by atoms with Gasteiger partial charge in [0.15, 0.2) is 0 Å². The van der Waals surface area contributed by atoms with E-state index in [2.05, 4.69) is 11.4 Å². The van der Waals surface area contributed by atoms with Gasteiger partial charge in [-0.25, -0.2) is 0 Å². The molecule has 0 fully saturated rings. The molecular formula is C17H16N2OS. The lowest BCUT2D eigenvalue weighted by Crippen LogP contribution is -2.13. The van der Waals surface area contributed by atoms with Crippen molar-refractivity contribution in [3.05, 3.63) is 51.4 Å². The Hall–Kier alpha value is -2.12. The van der Waals surface area contributed by atoms with Crippen molar-refractivity contribution in [3.63, 3.8) is 0 Å². The van der Waals surface area contributed by atoms with E-state index < -0.39 is 0 Å². The number of rotatable bonds is 2.